The Morgan fingerprint density at radius 3 is 1.86 bits per heavy atom. The molecule has 0 bridgehead atoms. The highest BCUT2D eigenvalue weighted by atomic mass is 32.2. The maximum absolute atomic E-state index is 12.8. The lowest BCUT2D eigenvalue weighted by atomic mass is 10.1. The first-order valence-corrected chi connectivity index (χ1v) is 11.1. The van der Waals surface area contributed by atoms with E-state index in [0.717, 1.165) is 25.7 Å². The van der Waals surface area contributed by atoms with Crippen molar-refractivity contribution >= 4 is 27.5 Å². The third-order valence-corrected chi connectivity index (χ3v) is 6.86. The van der Waals surface area contributed by atoms with Crippen molar-refractivity contribution in [2.45, 2.75) is 30.6 Å². The SMILES string of the molecule is CNC(=O)c1ccc(NC(=O)c2ccc(S(=O)(=O)N3CCCCCC3)cc2)cc1. The van der Waals surface area contributed by atoms with Gasteiger partial charge in [0.05, 0.1) is 4.90 Å². The number of anilines is 1. The van der Waals surface area contributed by atoms with Gasteiger partial charge in [-0.15, -0.1) is 0 Å². The Bertz CT molecular complexity index is 962. The van der Waals surface area contributed by atoms with E-state index in [-0.39, 0.29) is 16.7 Å². The second-order valence-electron chi connectivity index (χ2n) is 6.95. The molecular formula is C21H25N3O4S. The monoisotopic (exact) mass is 415 g/mol. The van der Waals surface area contributed by atoms with Crippen LogP contribution in [0.2, 0.25) is 0 Å². The van der Waals surface area contributed by atoms with E-state index in [1.54, 1.807) is 31.3 Å². The number of nitrogens with zero attached hydrogens (tertiary/aromatic N) is 1. The summed E-state index contributed by atoms with van der Waals surface area (Å²) in [5.74, 6) is -0.555. The highest BCUT2D eigenvalue weighted by Gasteiger charge is 2.25. The molecule has 1 saturated heterocycles. The molecule has 2 amide bonds. The van der Waals surface area contributed by atoms with Crippen molar-refractivity contribution in [3.8, 4) is 0 Å². The zero-order valence-corrected chi connectivity index (χ0v) is 17.2. The van der Waals surface area contributed by atoms with Gasteiger partial charge in [-0.3, -0.25) is 9.59 Å². The molecule has 1 aliphatic rings. The fourth-order valence-electron chi connectivity index (χ4n) is 3.26. The van der Waals surface area contributed by atoms with Crippen LogP contribution in [0.3, 0.4) is 0 Å². The van der Waals surface area contributed by atoms with Crippen molar-refractivity contribution < 1.29 is 18.0 Å². The first-order valence-electron chi connectivity index (χ1n) is 9.65. The Hall–Kier alpha value is -2.71. The summed E-state index contributed by atoms with van der Waals surface area (Å²) >= 11 is 0. The average Bonchev–Trinajstić information content (AvgIpc) is 3.04. The summed E-state index contributed by atoms with van der Waals surface area (Å²) in [7, 11) is -1.99. The van der Waals surface area contributed by atoms with Crippen LogP contribution in [0, 0.1) is 0 Å². The van der Waals surface area contributed by atoms with Crippen molar-refractivity contribution in [2.24, 2.45) is 0 Å². The Kier molecular flexibility index (Phi) is 6.66. The minimum atomic E-state index is -3.54. The molecule has 2 aromatic carbocycles. The lowest BCUT2D eigenvalue weighted by molar-refractivity contribution is 0.0962. The third-order valence-electron chi connectivity index (χ3n) is 4.95. The summed E-state index contributed by atoms with van der Waals surface area (Å²) in [5, 5.41) is 5.27. The summed E-state index contributed by atoms with van der Waals surface area (Å²) in [5.41, 5.74) is 1.40. The van der Waals surface area contributed by atoms with Crippen LogP contribution >= 0.6 is 0 Å². The van der Waals surface area contributed by atoms with Gasteiger partial charge in [-0.25, -0.2) is 8.42 Å². The highest BCUT2D eigenvalue weighted by Crippen LogP contribution is 2.21. The number of sulfonamides is 1. The van der Waals surface area contributed by atoms with Crippen molar-refractivity contribution in [3.63, 3.8) is 0 Å². The van der Waals surface area contributed by atoms with Gasteiger partial charge in [-0.1, -0.05) is 12.8 Å². The maximum Gasteiger partial charge on any atom is 0.255 e. The van der Waals surface area contributed by atoms with Gasteiger partial charge in [-0.2, -0.15) is 4.31 Å². The van der Waals surface area contributed by atoms with E-state index < -0.39 is 10.0 Å². The summed E-state index contributed by atoms with van der Waals surface area (Å²) in [6.07, 6.45) is 3.85. The second-order valence-corrected chi connectivity index (χ2v) is 8.89. The minimum Gasteiger partial charge on any atom is -0.355 e. The first kappa shape index (κ1) is 21.0. The third kappa shape index (κ3) is 5.02. The molecule has 2 aromatic rings. The van der Waals surface area contributed by atoms with E-state index in [2.05, 4.69) is 10.6 Å². The van der Waals surface area contributed by atoms with Crippen LogP contribution in [-0.4, -0.2) is 44.7 Å². The molecule has 0 unspecified atom stereocenters. The van der Waals surface area contributed by atoms with Gasteiger partial charge >= 0.3 is 0 Å². The molecule has 0 aromatic heterocycles. The van der Waals surface area contributed by atoms with Gasteiger partial charge in [0.2, 0.25) is 10.0 Å². The van der Waals surface area contributed by atoms with Crippen LogP contribution in [-0.2, 0) is 10.0 Å². The molecule has 7 nitrogen and oxygen atoms in total. The van der Waals surface area contributed by atoms with Crippen molar-refractivity contribution in [3.05, 3.63) is 59.7 Å². The predicted molar refractivity (Wildman–Crippen MR) is 111 cm³/mol. The number of carbonyl (C=O) groups excluding carboxylic acids is 2. The molecule has 8 heteroatoms. The summed E-state index contributed by atoms with van der Waals surface area (Å²) in [4.78, 5) is 24.2. The molecule has 154 valence electrons. The predicted octanol–water partition coefficient (Wildman–Crippen LogP) is 2.86. The molecule has 1 aliphatic heterocycles. The molecular weight excluding hydrogens is 390 g/mol. The number of benzene rings is 2. The van der Waals surface area contributed by atoms with Gasteiger partial charge in [0.25, 0.3) is 11.8 Å². The van der Waals surface area contributed by atoms with Gasteiger partial charge in [0.1, 0.15) is 0 Å². The van der Waals surface area contributed by atoms with Gasteiger partial charge in [0, 0.05) is 37.0 Å². The van der Waals surface area contributed by atoms with Crippen LogP contribution in [0.4, 0.5) is 5.69 Å². The molecule has 3 rings (SSSR count). The standard InChI is InChI=1S/C21H25N3O4S/c1-22-20(25)16-6-10-18(11-7-16)23-21(26)17-8-12-19(13-9-17)29(27,28)24-14-4-2-3-5-15-24/h6-13H,2-5,14-15H2,1H3,(H,22,25)(H,23,26). The lowest BCUT2D eigenvalue weighted by Gasteiger charge is -2.20. The van der Waals surface area contributed by atoms with Gasteiger partial charge in [0.15, 0.2) is 0 Å². The van der Waals surface area contributed by atoms with E-state index in [4.69, 9.17) is 0 Å². The van der Waals surface area contributed by atoms with Crippen LogP contribution < -0.4 is 10.6 Å². The number of amides is 2. The number of nitrogens with one attached hydrogen (secondary N) is 2. The summed E-state index contributed by atoms with van der Waals surface area (Å²) in [6, 6.07) is 12.5. The molecule has 2 N–H and O–H groups in total. The number of hydrogen-bond donors (Lipinski definition) is 2. The Balaban J connectivity index is 1.69. The molecule has 1 heterocycles. The summed E-state index contributed by atoms with van der Waals surface area (Å²) in [6.45, 7) is 1.08. The molecule has 29 heavy (non-hydrogen) atoms. The van der Waals surface area contributed by atoms with Crippen LogP contribution in [0.25, 0.3) is 0 Å². The quantitative estimate of drug-likeness (QED) is 0.785. The first-order chi connectivity index (χ1) is 13.9. The minimum absolute atomic E-state index is 0.200. The largest absolute Gasteiger partial charge is 0.355 e. The Morgan fingerprint density at radius 1 is 0.793 bits per heavy atom. The topological polar surface area (TPSA) is 95.6 Å². The van der Waals surface area contributed by atoms with Gasteiger partial charge < -0.3 is 10.6 Å². The molecule has 0 radical (unpaired) electrons. The van der Waals surface area contributed by atoms with Crippen molar-refractivity contribution in [1.82, 2.24) is 9.62 Å². The lowest BCUT2D eigenvalue weighted by Crippen LogP contribution is -2.31. The fraction of sp³-hybridized carbons (Fsp3) is 0.333. The van der Waals surface area contributed by atoms with E-state index in [0.29, 0.717) is 29.9 Å². The normalized spacial score (nSPS) is 15.3. The molecule has 0 aliphatic carbocycles. The number of carbonyl (C=O) groups is 2. The van der Waals surface area contributed by atoms with E-state index in [1.807, 2.05) is 0 Å². The van der Waals surface area contributed by atoms with Crippen molar-refractivity contribution in [1.29, 1.82) is 0 Å². The highest BCUT2D eigenvalue weighted by molar-refractivity contribution is 7.89. The number of rotatable bonds is 5. The number of hydrogen-bond acceptors (Lipinski definition) is 4. The molecule has 0 spiro atoms. The Morgan fingerprint density at radius 2 is 1.31 bits per heavy atom. The van der Waals surface area contributed by atoms with E-state index in [1.165, 1.54) is 28.6 Å². The van der Waals surface area contributed by atoms with E-state index >= 15 is 0 Å². The average molecular weight is 416 g/mol. The van der Waals surface area contributed by atoms with Gasteiger partial charge in [-0.05, 0) is 61.4 Å². The second kappa shape index (κ2) is 9.19. The van der Waals surface area contributed by atoms with Crippen LogP contribution in [0.5, 0.6) is 0 Å². The van der Waals surface area contributed by atoms with E-state index in [9.17, 15) is 18.0 Å². The fourth-order valence-corrected chi connectivity index (χ4v) is 4.78. The van der Waals surface area contributed by atoms with Crippen LogP contribution in [0.15, 0.2) is 53.4 Å². The molecule has 0 saturated carbocycles. The smallest absolute Gasteiger partial charge is 0.255 e. The zero-order chi connectivity index (χ0) is 20.9. The summed E-state index contributed by atoms with van der Waals surface area (Å²) < 4.78 is 27.2. The Labute approximate surface area is 171 Å². The molecule has 1 fully saturated rings. The van der Waals surface area contributed by atoms with Crippen molar-refractivity contribution in [2.75, 3.05) is 25.5 Å². The van der Waals surface area contributed by atoms with Crippen LogP contribution in [0.1, 0.15) is 46.4 Å². The zero-order valence-electron chi connectivity index (χ0n) is 16.3. The molecule has 0 atom stereocenters. The maximum atomic E-state index is 12.8.